The Labute approximate surface area is 204 Å². The van der Waals surface area contributed by atoms with Crippen LogP contribution in [0.4, 0.5) is 4.39 Å². The van der Waals surface area contributed by atoms with Gasteiger partial charge in [0, 0.05) is 31.9 Å². The van der Waals surface area contributed by atoms with Gasteiger partial charge in [0.2, 0.25) is 0 Å². The van der Waals surface area contributed by atoms with E-state index >= 15 is 0 Å². The smallest absolute Gasteiger partial charge is 0.274 e. The Morgan fingerprint density at radius 2 is 1.77 bits per heavy atom. The molecule has 1 aromatic carbocycles. The first-order chi connectivity index (χ1) is 16.9. The average molecular weight is 475 g/mol. The van der Waals surface area contributed by atoms with Crippen molar-refractivity contribution in [2.24, 2.45) is 23.2 Å². The quantitative estimate of drug-likeness (QED) is 0.564. The molecule has 182 valence electrons. The Kier molecular flexibility index (Phi) is 5.38. The fraction of sp³-hybridized carbons (Fsp3) is 0.464. The number of carbonyl (C=O) groups excluding carboxylic acids is 2. The minimum absolute atomic E-state index is 0.120. The predicted octanol–water partition coefficient (Wildman–Crippen LogP) is 4.69. The molecule has 4 fully saturated rings. The van der Waals surface area contributed by atoms with Gasteiger partial charge in [0.05, 0.1) is 11.1 Å². The van der Waals surface area contributed by atoms with Gasteiger partial charge in [0.15, 0.2) is 5.69 Å². The lowest BCUT2D eigenvalue weighted by atomic mass is 9.49. The van der Waals surface area contributed by atoms with Gasteiger partial charge in [-0.1, -0.05) is 18.2 Å². The number of hydrogen-bond donors (Lipinski definition) is 1. The van der Waals surface area contributed by atoms with Crippen LogP contribution in [-0.4, -0.2) is 39.9 Å². The van der Waals surface area contributed by atoms with Crippen molar-refractivity contribution >= 4 is 17.3 Å². The maximum Gasteiger partial charge on any atom is 0.274 e. The summed E-state index contributed by atoms with van der Waals surface area (Å²) in [5.74, 6) is 1.73. The number of carbonyl (C=O) groups is 2. The van der Waals surface area contributed by atoms with Crippen molar-refractivity contribution in [1.82, 2.24) is 19.8 Å². The number of hydrogen-bond acceptors (Lipinski definition) is 3. The van der Waals surface area contributed by atoms with Crippen LogP contribution in [-0.2, 0) is 6.54 Å². The average Bonchev–Trinajstić information content (AvgIpc) is 3.27. The highest BCUT2D eigenvalue weighted by Crippen LogP contribution is 2.59. The van der Waals surface area contributed by atoms with Gasteiger partial charge >= 0.3 is 0 Å². The maximum absolute atomic E-state index is 14.0. The molecule has 6 nitrogen and oxygen atoms in total. The fourth-order valence-electron chi connectivity index (χ4n) is 7.33. The number of benzene rings is 1. The molecule has 0 aliphatic heterocycles. The number of pyridine rings is 1. The van der Waals surface area contributed by atoms with Gasteiger partial charge in [-0.2, -0.15) is 5.10 Å². The van der Waals surface area contributed by atoms with E-state index in [1.807, 2.05) is 0 Å². The summed E-state index contributed by atoms with van der Waals surface area (Å²) >= 11 is 0. The van der Waals surface area contributed by atoms with Gasteiger partial charge in [-0.3, -0.25) is 9.59 Å². The lowest BCUT2D eigenvalue weighted by Gasteiger charge is -2.56. The van der Waals surface area contributed by atoms with Crippen LogP contribution >= 0.6 is 0 Å². The molecule has 7 heteroatoms. The molecule has 0 saturated heterocycles. The van der Waals surface area contributed by atoms with Crippen LogP contribution in [0.15, 0.2) is 48.7 Å². The van der Waals surface area contributed by atoms with Gasteiger partial charge in [-0.25, -0.2) is 8.91 Å². The van der Waals surface area contributed by atoms with Crippen LogP contribution in [0.2, 0.25) is 0 Å². The van der Waals surface area contributed by atoms with Gasteiger partial charge in [-0.05, 0) is 86.0 Å². The van der Waals surface area contributed by atoms with E-state index in [-0.39, 0.29) is 35.3 Å². The topological polar surface area (TPSA) is 66.7 Å². The molecule has 0 unspecified atom stereocenters. The lowest BCUT2D eigenvalue weighted by molar-refractivity contribution is -0.0503. The van der Waals surface area contributed by atoms with Crippen LogP contribution in [0, 0.1) is 29.0 Å². The molecule has 2 aromatic heterocycles. The van der Waals surface area contributed by atoms with Crippen molar-refractivity contribution in [3.8, 4) is 0 Å². The number of fused-ring (bicyclic) bond motifs is 1. The molecule has 4 bridgehead atoms. The van der Waals surface area contributed by atoms with E-state index in [1.54, 1.807) is 54.2 Å². The van der Waals surface area contributed by atoms with E-state index < -0.39 is 0 Å². The molecule has 0 spiro atoms. The molecule has 4 saturated carbocycles. The van der Waals surface area contributed by atoms with Crippen molar-refractivity contribution in [2.75, 3.05) is 13.6 Å². The Bertz CT molecular complexity index is 1260. The van der Waals surface area contributed by atoms with Crippen molar-refractivity contribution in [1.29, 1.82) is 0 Å². The summed E-state index contributed by atoms with van der Waals surface area (Å²) in [4.78, 5) is 27.7. The normalized spacial score (nSPS) is 26.7. The van der Waals surface area contributed by atoms with Gasteiger partial charge in [-0.15, -0.1) is 0 Å². The number of aromatic nitrogens is 2. The zero-order valence-electron chi connectivity index (χ0n) is 20.0. The Balaban J connectivity index is 1.18. The molecule has 1 N–H and O–H groups in total. The monoisotopic (exact) mass is 474 g/mol. The predicted molar refractivity (Wildman–Crippen MR) is 130 cm³/mol. The molecule has 4 aliphatic carbocycles. The van der Waals surface area contributed by atoms with E-state index in [0.717, 1.165) is 24.3 Å². The van der Waals surface area contributed by atoms with Gasteiger partial charge in [0.25, 0.3) is 11.8 Å². The molecule has 2 heterocycles. The van der Waals surface area contributed by atoms with Crippen LogP contribution < -0.4 is 5.32 Å². The molecule has 0 atom stereocenters. The van der Waals surface area contributed by atoms with Crippen LogP contribution in [0.25, 0.3) is 5.52 Å². The number of halogens is 1. The number of nitrogens with one attached hydrogen (secondary N) is 1. The summed E-state index contributed by atoms with van der Waals surface area (Å²) in [6.45, 7) is 0.861. The highest BCUT2D eigenvalue weighted by Gasteiger charge is 2.50. The zero-order chi connectivity index (χ0) is 24.2. The first-order valence-electron chi connectivity index (χ1n) is 12.6. The first-order valence-corrected chi connectivity index (χ1v) is 12.6. The second kappa shape index (κ2) is 8.47. The highest BCUT2D eigenvalue weighted by molar-refractivity contribution is 6.02. The second-order valence-corrected chi connectivity index (χ2v) is 11.1. The highest BCUT2D eigenvalue weighted by atomic mass is 19.1. The summed E-state index contributed by atoms with van der Waals surface area (Å²) in [5, 5.41) is 7.64. The number of nitrogens with zero attached hydrogens (tertiary/aromatic N) is 3. The SMILES string of the molecule is CN(Cc1ccccc1F)C(=O)c1cc2c(C(=O)NCC34CC5CC(CC(C5)C3)C4)cccn2n1. The van der Waals surface area contributed by atoms with Crippen molar-refractivity contribution < 1.29 is 14.0 Å². The van der Waals surface area contributed by atoms with Crippen LogP contribution in [0.1, 0.15) is 64.9 Å². The fourth-order valence-corrected chi connectivity index (χ4v) is 7.33. The summed E-state index contributed by atoms with van der Waals surface area (Å²) in [6.07, 6.45) is 9.59. The molecule has 4 aliphatic rings. The molecular weight excluding hydrogens is 443 g/mol. The third-order valence-electron chi connectivity index (χ3n) is 8.47. The Morgan fingerprint density at radius 1 is 1.09 bits per heavy atom. The first kappa shape index (κ1) is 22.3. The molecular formula is C28H31FN4O2. The van der Waals surface area contributed by atoms with Gasteiger partial charge in [0.1, 0.15) is 5.82 Å². The molecule has 7 rings (SSSR count). The van der Waals surface area contributed by atoms with Crippen molar-refractivity contribution in [3.63, 3.8) is 0 Å². The Morgan fingerprint density at radius 3 is 2.46 bits per heavy atom. The van der Waals surface area contributed by atoms with E-state index in [1.165, 1.54) is 49.5 Å². The van der Waals surface area contributed by atoms with Crippen molar-refractivity contribution in [3.05, 3.63) is 71.3 Å². The summed E-state index contributed by atoms with van der Waals surface area (Å²) < 4.78 is 15.6. The molecule has 3 aromatic rings. The van der Waals surface area contributed by atoms with E-state index in [9.17, 15) is 14.0 Å². The third kappa shape index (κ3) is 4.11. The summed E-state index contributed by atoms with van der Waals surface area (Å²) in [5.41, 5.74) is 2.03. The summed E-state index contributed by atoms with van der Waals surface area (Å²) in [7, 11) is 1.62. The van der Waals surface area contributed by atoms with Gasteiger partial charge < -0.3 is 10.2 Å². The number of amides is 2. The minimum atomic E-state index is -0.347. The van der Waals surface area contributed by atoms with E-state index in [0.29, 0.717) is 16.6 Å². The largest absolute Gasteiger partial charge is 0.351 e. The van der Waals surface area contributed by atoms with Crippen LogP contribution in [0.3, 0.4) is 0 Å². The minimum Gasteiger partial charge on any atom is -0.351 e. The maximum atomic E-state index is 14.0. The Hall–Kier alpha value is -3.22. The lowest BCUT2D eigenvalue weighted by Crippen LogP contribution is -2.51. The number of rotatable bonds is 6. The molecule has 0 radical (unpaired) electrons. The molecule has 2 amide bonds. The second-order valence-electron chi connectivity index (χ2n) is 11.1. The standard InChI is InChI=1S/C28H31FN4O2/c1-32(16-21-5-2-3-7-23(21)29)27(35)24-12-25-22(6-4-8-33(25)31-24)26(34)30-17-28-13-18-9-19(14-28)11-20(10-18)15-28/h2-8,12,18-20H,9-11,13-17H2,1H3,(H,30,34). The van der Waals surface area contributed by atoms with Crippen molar-refractivity contribution in [2.45, 2.75) is 45.1 Å². The molecule has 35 heavy (non-hydrogen) atoms. The van der Waals surface area contributed by atoms with E-state index in [2.05, 4.69) is 10.4 Å². The third-order valence-corrected chi connectivity index (χ3v) is 8.47. The zero-order valence-corrected chi connectivity index (χ0v) is 20.0. The van der Waals surface area contributed by atoms with Crippen LogP contribution in [0.5, 0.6) is 0 Å². The summed E-state index contributed by atoms with van der Waals surface area (Å²) in [6, 6.07) is 11.6. The van der Waals surface area contributed by atoms with E-state index in [4.69, 9.17) is 0 Å².